The molecule has 1 N–H and O–H groups in total. The van der Waals surface area contributed by atoms with Gasteiger partial charge in [-0.3, -0.25) is 9.88 Å². The van der Waals surface area contributed by atoms with E-state index < -0.39 is 0 Å². The Hall–Kier alpha value is -1.39. The van der Waals surface area contributed by atoms with E-state index in [4.69, 9.17) is 11.6 Å². The summed E-state index contributed by atoms with van der Waals surface area (Å²) in [6, 6.07) is 8.98. The number of anilines is 1. The van der Waals surface area contributed by atoms with Crippen LogP contribution in [0.4, 0.5) is 5.82 Å². The van der Waals surface area contributed by atoms with E-state index in [1.807, 2.05) is 19.1 Å². The van der Waals surface area contributed by atoms with Crippen LogP contribution >= 0.6 is 11.6 Å². The van der Waals surface area contributed by atoms with E-state index in [0.29, 0.717) is 11.2 Å². The fraction of sp³-hybridized carbons (Fsp3) is 0.529. The van der Waals surface area contributed by atoms with Crippen molar-refractivity contribution in [1.29, 1.82) is 0 Å². The molecule has 4 atom stereocenters. The van der Waals surface area contributed by atoms with Crippen molar-refractivity contribution in [3.05, 3.63) is 29.0 Å². The lowest BCUT2D eigenvalue weighted by molar-refractivity contribution is -0.146. The monoisotopic (exact) mass is 314 g/mol. The highest BCUT2D eigenvalue weighted by atomic mass is 35.5. The average Bonchev–Trinajstić information content (AvgIpc) is 2.41. The standard InChI is InChI=1S/C17H19ClN4/c1-9-2-3-14-15(19-9)8-16(18)21-17(14)20-10-4-11-6-13-7-12(5-10)22(11)13/h2-3,8,10-13H,4-7H2,1H3,(H,20,21)/t10-,11+,12-,13?. The van der Waals surface area contributed by atoms with Crippen molar-refractivity contribution in [3.63, 3.8) is 0 Å². The van der Waals surface area contributed by atoms with E-state index in [0.717, 1.165) is 40.5 Å². The lowest BCUT2D eigenvalue weighted by Crippen LogP contribution is -2.73. The summed E-state index contributed by atoms with van der Waals surface area (Å²) in [5.74, 6) is 0.892. The Morgan fingerprint density at radius 3 is 2.55 bits per heavy atom. The summed E-state index contributed by atoms with van der Waals surface area (Å²) in [5.41, 5.74) is 1.93. The zero-order chi connectivity index (χ0) is 14.8. The first-order chi connectivity index (χ1) is 10.7. The summed E-state index contributed by atoms with van der Waals surface area (Å²) in [5, 5.41) is 5.24. The van der Waals surface area contributed by atoms with Crippen LogP contribution in [0, 0.1) is 6.92 Å². The largest absolute Gasteiger partial charge is 0.367 e. The van der Waals surface area contributed by atoms with E-state index in [1.165, 1.54) is 25.7 Å². The van der Waals surface area contributed by atoms with Gasteiger partial charge in [-0.15, -0.1) is 0 Å². The fourth-order valence-corrected chi connectivity index (χ4v) is 4.83. The van der Waals surface area contributed by atoms with Gasteiger partial charge < -0.3 is 5.32 Å². The number of halogens is 1. The Morgan fingerprint density at radius 2 is 1.82 bits per heavy atom. The average molecular weight is 315 g/mol. The number of hydrogen-bond acceptors (Lipinski definition) is 4. The van der Waals surface area contributed by atoms with Gasteiger partial charge >= 0.3 is 0 Å². The molecule has 0 saturated carbocycles. The first kappa shape index (κ1) is 13.1. The smallest absolute Gasteiger partial charge is 0.137 e. The predicted molar refractivity (Wildman–Crippen MR) is 88.4 cm³/mol. The van der Waals surface area contributed by atoms with E-state index in [1.54, 1.807) is 0 Å². The molecule has 3 fully saturated rings. The number of piperidine rings is 2. The molecule has 4 nitrogen and oxygen atoms in total. The molecule has 0 bridgehead atoms. The zero-order valence-corrected chi connectivity index (χ0v) is 13.3. The van der Waals surface area contributed by atoms with Crippen LogP contribution in [0.2, 0.25) is 5.15 Å². The van der Waals surface area contributed by atoms with Gasteiger partial charge in [0.15, 0.2) is 0 Å². The van der Waals surface area contributed by atoms with Crippen LogP contribution in [-0.2, 0) is 0 Å². The molecular weight excluding hydrogens is 296 g/mol. The van der Waals surface area contributed by atoms with Crippen LogP contribution in [0.15, 0.2) is 18.2 Å². The topological polar surface area (TPSA) is 41.0 Å². The molecule has 1 unspecified atom stereocenters. The van der Waals surface area contributed by atoms with Crippen molar-refractivity contribution in [3.8, 4) is 0 Å². The summed E-state index contributed by atoms with van der Waals surface area (Å²) in [4.78, 5) is 11.8. The van der Waals surface area contributed by atoms with Gasteiger partial charge in [0, 0.05) is 41.3 Å². The Balaban J connectivity index is 1.46. The minimum Gasteiger partial charge on any atom is -0.367 e. The molecule has 5 heterocycles. The number of rotatable bonds is 2. The maximum absolute atomic E-state index is 6.19. The van der Waals surface area contributed by atoms with Crippen LogP contribution < -0.4 is 5.32 Å². The summed E-state index contributed by atoms with van der Waals surface area (Å²) in [6.45, 7) is 2.00. The molecule has 0 aliphatic carbocycles. The van der Waals surface area contributed by atoms with Crippen LogP contribution in [0.5, 0.6) is 0 Å². The van der Waals surface area contributed by atoms with E-state index in [-0.39, 0.29) is 0 Å². The van der Waals surface area contributed by atoms with E-state index >= 15 is 0 Å². The quantitative estimate of drug-likeness (QED) is 0.863. The molecule has 114 valence electrons. The number of nitrogens with zero attached hydrogens (tertiary/aromatic N) is 3. The van der Waals surface area contributed by atoms with Gasteiger partial charge in [0.25, 0.3) is 0 Å². The van der Waals surface area contributed by atoms with Crippen molar-refractivity contribution >= 4 is 28.3 Å². The molecular formula is C17H19ClN4. The van der Waals surface area contributed by atoms with Crippen LogP contribution in [-0.4, -0.2) is 39.0 Å². The molecule has 3 aliphatic heterocycles. The molecule has 3 saturated heterocycles. The number of pyridine rings is 2. The molecule has 3 aliphatic rings. The number of hydrogen-bond donors (Lipinski definition) is 1. The van der Waals surface area contributed by atoms with Crippen molar-refractivity contribution in [2.24, 2.45) is 0 Å². The number of nitrogens with one attached hydrogen (secondary N) is 1. The van der Waals surface area contributed by atoms with Gasteiger partial charge in [0.05, 0.1) is 5.52 Å². The van der Waals surface area contributed by atoms with Gasteiger partial charge in [0.1, 0.15) is 11.0 Å². The predicted octanol–water partition coefficient (Wildman–Crippen LogP) is 3.38. The molecule has 0 amide bonds. The van der Waals surface area contributed by atoms with Gasteiger partial charge in [-0.1, -0.05) is 11.6 Å². The second-order valence-electron chi connectivity index (χ2n) is 7.01. The van der Waals surface area contributed by atoms with Crippen LogP contribution in [0.3, 0.4) is 0 Å². The number of aryl methyl sites for hydroxylation is 1. The fourth-order valence-electron chi connectivity index (χ4n) is 4.64. The maximum Gasteiger partial charge on any atom is 0.137 e. The molecule has 22 heavy (non-hydrogen) atoms. The second kappa shape index (κ2) is 4.56. The second-order valence-corrected chi connectivity index (χ2v) is 7.39. The maximum atomic E-state index is 6.19. The zero-order valence-electron chi connectivity index (χ0n) is 12.6. The summed E-state index contributed by atoms with van der Waals surface area (Å²) in [7, 11) is 0. The Morgan fingerprint density at radius 1 is 1.09 bits per heavy atom. The Bertz CT molecular complexity index is 740. The molecule has 2 aromatic heterocycles. The third-order valence-corrected chi connectivity index (χ3v) is 5.79. The SMILES string of the molecule is Cc1ccc2c(N[C@@H]3C[C@H]4CC5C[C@@H](C3)N54)nc(Cl)cc2n1. The Labute approximate surface area is 134 Å². The molecule has 0 radical (unpaired) electrons. The van der Waals surface area contributed by atoms with Crippen molar-refractivity contribution < 1.29 is 0 Å². The van der Waals surface area contributed by atoms with Crippen LogP contribution in [0.1, 0.15) is 31.4 Å². The van der Waals surface area contributed by atoms with Gasteiger partial charge in [-0.05, 0) is 44.7 Å². The first-order valence-electron chi connectivity index (χ1n) is 8.15. The first-order valence-corrected chi connectivity index (χ1v) is 8.53. The van der Waals surface area contributed by atoms with Crippen molar-refractivity contribution in [2.45, 2.75) is 56.8 Å². The highest BCUT2D eigenvalue weighted by Gasteiger charge is 2.54. The number of fused-ring (bicyclic) bond motifs is 1. The Kier molecular flexibility index (Phi) is 2.71. The van der Waals surface area contributed by atoms with Gasteiger partial charge in [0.2, 0.25) is 0 Å². The van der Waals surface area contributed by atoms with Crippen molar-refractivity contribution in [2.75, 3.05) is 5.32 Å². The van der Waals surface area contributed by atoms with Crippen LogP contribution in [0.25, 0.3) is 10.9 Å². The van der Waals surface area contributed by atoms with Gasteiger partial charge in [-0.2, -0.15) is 0 Å². The van der Waals surface area contributed by atoms with Crippen molar-refractivity contribution in [1.82, 2.24) is 14.9 Å². The third kappa shape index (κ3) is 1.87. The molecule has 2 aromatic rings. The lowest BCUT2D eigenvalue weighted by Gasteiger charge is -2.66. The normalized spacial score (nSPS) is 33.0. The van der Waals surface area contributed by atoms with E-state index in [9.17, 15) is 0 Å². The van der Waals surface area contributed by atoms with E-state index in [2.05, 4.69) is 26.3 Å². The minimum atomic E-state index is 0.503. The third-order valence-electron chi connectivity index (χ3n) is 5.60. The molecule has 0 aromatic carbocycles. The summed E-state index contributed by atoms with van der Waals surface area (Å²) < 4.78 is 0. The molecule has 5 heteroatoms. The lowest BCUT2D eigenvalue weighted by atomic mass is 9.68. The number of aromatic nitrogens is 2. The summed E-state index contributed by atoms with van der Waals surface area (Å²) in [6.07, 6.45) is 5.22. The van der Waals surface area contributed by atoms with Gasteiger partial charge in [-0.25, -0.2) is 4.98 Å². The minimum absolute atomic E-state index is 0.503. The highest BCUT2D eigenvalue weighted by Crippen LogP contribution is 2.49. The summed E-state index contributed by atoms with van der Waals surface area (Å²) >= 11 is 6.19. The highest BCUT2D eigenvalue weighted by molar-refractivity contribution is 6.30. The molecule has 0 spiro atoms. The molecule has 5 rings (SSSR count).